The molecule has 0 unspecified atom stereocenters. The Morgan fingerprint density at radius 3 is 2.46 bits per heavy atom. The van der Waals surface area contributed by atoms with E-state index in [1.54, 1.807) is 6.07 Å². The Labute approximate surface area is 141 Å². The van der Waals surface area contributed by atoms with Gasteiger partial charge in [0.2, 0.25) is 0 Å². The number of rotatable bonds is 6. The van der Waals surface area contributed by atoms with Gasteiger partial charge < -0.3 is 20.4 Å². The molecule has 0 spiro atoms. The van der Waals surface area contributed by atoms with E-state index < -0.39 is 0 Å². The highest BCUT2D eigenvalue weighted by atomic mass is 16.5. The Morgan fingerprint density at radius 2 is 1.88 bits per heavy atom. The Morgan fingerprint density at radius 1 is 1.21 bits per heavy atom. The lowest BCUT2D eigenvalue weighted by Crippen LogP contribution is -2.23. The molecule has 2 aromatic rings. The van der Waals surface area contributed by atoms with Crippen molar-refractivity contribution in [3.63, 3.8) is 0 Å². The Hall–Kier alpha value is -2.76. The summed E-state index contributed by atoms with van der Waals surface area (Å²) in [5, 5.41) is 5.24. The van der Waals surface area contributed by atoms with Crippen LogP contribution < -0.4 is 15.4 Å². The third kappa shape index (κ3) is 3.95. The van der Waals surface area contributed by atoms with Crippen LogP contribution in [0, 0.1) is 6.92 Å². The molecule has 0 aliphatic rings. The van der Waals surface area contributed by atoms with Gasteiger partial charge in [-0.25, -0.2) is 0 Å². The maximum atomic E-state index is 12.0. The van der Waals surface area contributed by atoms with Gasteiger partial charge in [-0.1, -0.05) is 29.8 Å². The summed E-state index contributed by atoms with van der Waals surface area (Å²) in [4.78, 5) is 26.9. The van der Waals surface area contributed by atoms with E-state index in [1.807, 2.05) is 45.0 Å². The van der Waals surface area contributed by atoms with Crippen LogP contribution in [0.3, 0.4) is 0 Å². The standard InChI is InChI=1S/C18H23N3O3/c1-5-20-17(22)14-10-15(16(21-14)18(23)19-4)24-12(3)13-8-6-11(2)7-9-13/h6-10,12,21H,5H2,1-4H3,(H,19,23)(H,20,22)/t12-/m1/s1. The van der Waals surface area contributed by atoms with Gasteiger partial charge in [-0.05, 0) is 26.3 Å². The van der Waals surface area contributed by atoms with Crippen molar-refractivity contribution in [3.8, 4) is 5.75 Å². The molecule has 0 aliphatic carbocycles. The minimum absolute atomic E-state index is 0.234. The molecule has 0 saturated heterocycles. The molecule has 1 heterocycles. The zero-order valence-electron chi connectivity index (χ0n) is 14.4. The van der Waals surface area contributed by atoms with Gasteiger partial charge in [0.1, 0.15) is 17.5 Å². The molecule has 0 radical (unpaired) electrons. The van der Waals surface area contributed by atoms with Crippen LogP contribution in [-0.4, -0.2) is 30.4 Å². The van der Waals surface area contributed by atoms with Crippen LogP contribution in [-0.2, 0) is 0 Å². The van der Waals surface area contributed by atoms with E-state index in [0.29, 0.717) is 18.0 Å². The largest absolute Gasteiger partial charge is 0.484 e. The number of ether oxygens (including phenoxy) is 1. The van der Waals surface area contributed by atoms with Crippen LogP contribution in [0.4, 0.5) is 0 Å². The molecule has 0 bridgehead atoms. The molecular weight excluding hydrogens is 306 g/mol. The third-order valence-electron chi connectivity index (χ3n) is 3.67. The van der Waals surface area contributed by atoms with Crippen LogP contribution in [0.1, 0.15) is 52.1 Å². The smallest absolute Gasteiger partial charge is 0.271 e. The quantitative estimate of drug-likeness (QED) is 0.761. The van der Waals surface area contributed by atoms with Gasteiger partial charge in [0.25, 0.3) is 11.8 Å². The summed E-state index contributed by atoms with van der Waals surface area (Å²) in [5.74, 6) is -0.263. The average Bonchev–Trinajstić information content (AvgIpc) is 2.99. The van der Waals surface area contributed by atoms with E-state index >= 15 is 0 Å². The number of carbonyl (C=O) groups is 2. The number of hydrogen-bond acceptors (Lipinski definition) is 3. The van der Waals surface area contributed by atoms with Gasteiger partial charge in [-0.3, -0.25) is 9.59 Å². The van der Waals surface area contributed by atoms with Crippen molar-refractivity contribution in [2.24, 2.45) is 0 Å². The summed E-state index contributed by atoms with van der Waals surface area (Å²) in [6, 6.07) is 9.53. The molecule has 2 rings (SSSR count). The highest BCUT2D eigenvalue weighted by Gasteiger charge is 2.21. The van der Waals surface area contributed by atoms with Crippen molar-refractivity contribution in [2.75, 3.05) is 13.6 Å². The fourth-order valence-corrected chi connectivity index (χ4v) is 2.30. The number of carbonyl (C=O) groups excluding carboxylic acids is 2. The van der Waals surface area contributed by atoms with E-state index in [2.05, 4.69) is 15.6 Å². The molecule has 24 heavy (non-hydrogen) atoms. The van der Waals surface area contributed by atoms with Gasteiger partial charge in [0, 0.05) is 19.7 Å². The van der Waals surface area contributed by atoms with E-state index in [9.17, 15) is 9.59 Å². The number of hydrogen-bond donors (Lipinski definition) is 3. The zero-order chi connectivity index (χ0) is 17.7. The second kappa shape index (κ2) is 7.68. The van der Waals surface area contributed by atoms with Crippen molar-refractivity contribution in [3.05, 3.63) is 52.8 Å². The Balaban J connectivity index is 2.28. The number of benzene rings is 1. The van der Waals surface area contributed by atoms with Crippen LogP contribution in [0.15, 0.2) is 30.3 Å². The molecule has 0 aliphatic heterocycles. The van der Waals surface area contributed by atoms with E-state index in [4.69, 9.17) is 4.74 Å². The number of aromatic amines is 1. The van der Waals surface area contributed by atoms with Crippen LogP contribution in [0.2, 0.25) is 0 Å². The molecule has 0 fully saturated rings. The summed E-state index contributed by atoms with van der Waals surface area (Å²) < 4.78 is 5.93. The lowest BCUT2D eigenvalue weighted by atomic mass is 10.1. The number of nitrogens with one attached hydrogen (secondary N) is 3. The van der Waals surface area contributed by atoms with Gasteiger partial charge in [-0.2, -0.15) is 0 Å². The first-order valence-corrected chi connectivity index (χ1v) is 7.92. The fraction of sp³-hybridized carbons (Fsp3) is 0.333. The van der Waals surface area contributed by atoms with E-state index in [1.165, 1.54) is 7.05 Å². The lowest BCUT2D eigenvalue weighted by molar-refractivity contribution is 0.0951. The zero-order valence-corrected chi connectivity index (χ0v) is 14.4. The molecule has 3 N–H and O–H groups in total. The Kier molecular flexibility index (Phi) is 5.63. The minimum Gasteiger partial charge on any atom is -0.484 e. The predicted molar refractivity (Wildman–Crippen MR) is 92.4 cm³/mol. The van der Waals surface area contributed by atoms with Crippen LogP contribution in [0.25, 0.3) is 0 Å². The minimum atomic E-state index is -0.336. The first-order valence-electron chi connectivity index (χ1n) is 7.92. The third-order valence-corrected chi connectivity index (χ3v) is 3.67. The summed E-state index contributed by atoms with van der Waals surface area (Å²) >= 11 is 0. The Bertz CT molecular complexity index is 720. The molecule has 128 valence electrons. The molecule has 0 saturated carbocycles. The molecule has 6 nitrogen and oxygen atoms in total. The molecule has 1 aromatic carbocycles. The fourth-order valence-electron chi connectivity index (χ4n) is 2.30. The summed E-state index contributed by atoms with van der Waals surface area (Å²) in [6.07, 6.45) is -0.258. The van der Waals surface area contributed by atoms with Crippen LogP contribution in [0.5, 0.6) is 5.75 Å². The molecular formula is C18H23N3O3. The highest BCUT2D eigenvalue weighted by molar-refractivity contribution is 5.99. The van der Waals surface area contributed by atoms with Crippen molar-refractivity contribution < 1.29 is 14.3 Å². The van der Waals surface area contributed by atoms with E-state index in [0.717, 1.165) is 11.1 Å². The normalized spacial score (nSPS) is 11.7. The second-order valence-corrected chi connectivity index (χ2v) is 5.53. The number of amides is 2. The summed E-state index contributed by atoms with van der Waals surface area (Å²) in [5.41, 5.74) is 2.68. The van der Waals surface area contributed by atoms with Crippen molar-refractivity contribution in [1.29, 1.82) is 0 Å². The highest BCUT2D eigenvalue weighted by Crippen LogP contribution is 2.26. The van der Waals surface area contributed by atoms with Crippen LogP contribution >= 0.6 is 0 Å². The molecule has 6 heteroatoms. The van der Waals surface area contributed by atoms with Gasteiger partial charge >= 0.3 is 0 Å². The number of aromatic nitrogens is 1. The van der Waals surface area contributed by atoms with Crippen molar-refractivity contribution in [2.45, 2.75) is 26.9 Å². The van der Waals surface area contributed by atoms with Gasteiger partial charge in [0.05, 0.1) is 0 Å². The van der Waals surface area contributed by atoms with Crippen molar-refractivity contribution in [1.82, 2.24) is 15.6 Å². The topological polar surface area (TPSA) is 83.2 Å². The first kappa shape index (κ1) is 17.6. The second-order valence-electron chi connectivity index (χ2n) is 5.53. The SMILES string of the molecule is CCNC(=O)c1cc(O[C@H](C)c2ccc(C)cc2)c(C(=O)NC)[nH]1. The molecule has 1 aromatic heterocycles. The summed E-state index contributed by atoms with van der Waals surface area (Å²) in [6.45, 7) is 6.25. The maximum Gasteiger partial charge on any atom is 0.271 e. The predicted octanol–water partition coefficient (Wildman–Crippen LogP) is 2.57. The summed E-state index contributed by atoms with van der Waals surface area (Å²) in [7, 11) is 1.53. The number of aryl methyl sites for hydroxylation is 1. The average molecular weight is 329 g/mol. The lowest BCUT2D eigenvalue weighted by Gasteiger charge is -2.15. The first-order chi connectivity index (χ1) is 11.5. The molecule has 2 amide bonds. The number of H-pyrrole nitrogens is 1. The van der Waals surface area contributed by atoms with Gasteiger partial charge in [0.15, 0.2) is 5.75 Å². The monoisotopic (exact) mass is 329 g/mol. The van der Waals surface area contributed by atoms with Crippen molar-refractivity contribution >= 4 is 11.8 Å². The van der Waals surface area contributed by atoms with Gasteiger partial charge in [-0.15, -0.1) is 0 Å². The maximum absolute atomic E-state index is 12.0. The van der Waals surface area contributed by atoms with E-state index in [-0.39, 0.29) is 23.6 Å². The molecule has 1 atom stereocenters.